The molecule has 0 aliphatic carbocycles. The number of hydrogen-bond donors (Lipinski definition) is 2. The van der Waals surface area contributed by atoms with E-state index in [0.717, 1.165) is 28.6 Å². The van der Waals surface area contributed by atoms with E-state index in [0.29, 0.717) is 16.7 Å². The average molecular weight is 450 g/mol. The van der Waals surface area contributed by atoms with Crippen LogP contribution in [0.25, 0.3) is 16.7 Å². The number of nitro benzene ring substituents is 1. The molecule has 0 aliphatic heterocycles. The second-order valence-corrected chi connectivity index (χ2v) is 7.99. The minimum Gasteiger partial charge on any atom is -0.325 e. The fraction of sp³-hybridized carbons (Fsp3) is 0.143. The number of amides is 1. The van der Waals surface area contributed by atoms with Crippen LogP contribution in [0, 0.1) is 24.0 Å². The summed E-state index contributed by atoms with van der Waals surface area (Å²) < 4.78 is 1.61. The zero-order valence-corrected chi connectivity index (χ0v) is 18.0. The molecule has 1 amide bonds. The molecule has 0 bridgehead atoms. The molecule has 0 saturated heterocycles. The maximum Gasteiger partial charge on any atom is 0.271 e. The Labute approximate surface area is 185 Å². The third kappa shape index (κ3) is 4.23. The van der Waals surface area contributed by atoms with E-state index >= 15 is 0 Å². The monoisotopic (exact) mass is 450 g/mol. The lowest BCUT2D eigenvalue weighted by atomic mass is 10.1. The van der Waals surface area contributed by atoms with Crippen LogP contribution in [-0.4, -0.2) is 36.3 Å². The number of hydrogen-bond acceptors (Lipinski definition) is 7. The van der Waals surface area contributed by atoms with E-state index in [1.807, 2.05) is 32.0 Å². The molecule has 32 heavy (non-hydrogen) atoms. The Morgan fingerprint density at radius 3 is 2.81 bits per heavy atom. The minimum atomic E-state index is -0.534. The molecular formula is C21H18N6O4S. The lowest BCUT2D eigenvalue weighted by molar-refractivity contribution is -0.384. The van der Waals surface area contributed by atoms with Crippen LogP contribution in [-0.2, 0) is 4.79 Å². The number of H-pyrrole nitrogens is 1. The summed E-state index contributed by atoms with van der Waals surface area (Å²) in [6.45, 7) is 3.96. The first kappa shape index (κ1) is 21.2. The van der Waals surface area contributed by atoms with Gasteiger partial charge in [0.15, 0.2) is 10.8 Å². The number of aromatic nitrogens is 4. The highest BCUT2D eigenvalue weighted by molar-refractivity contribution is 7.99. The summed E-state index contributed by atoms with van der Waals surface area (Å²) >= 11 is 1.05. The van der Waals surface area contributed by atoms with Gasteiger partial charge in [-0.05, 0) is 37.1 Å². The van der Waals surface area contributed by atoms with Gasteiger partial charge in [-0.15, -0.1) is 0 Å². The smallest absolute Gasteiger partial charge is 0.271 e. The fourth-order valence-electron chi connectivity index (χ4n) is 3.14. The van der Waals surface area contributed by atoms with Crippen molar-refractivity contribution in [2.45, 2.75) is 19.0 Å². The number of nitro groups is 1. The van der Waals surface area contributed by atoms with Crippen molar-refractivity contribution in [3.63, 3.8) is 0 Å². The highest BCUT2D eigenvalue weighted by Crippen LogP contribution is 2.22. The molecule has 2 aromatic heterocycles. The summed E-state index contributed by atoms with van der Waals surface area (Å²) in [6, 6.07) is 11.5. The minimum absolute atomic E-state index is 0.0469. The molecule has 0 atom stereocenters. The Morgan fingerprint density at radius 2 is 2.03 bits per heavy atom. The summed E-state index contributed by atoms with van der Waals surface area (Å²) in [7, 11) is 0. The van der Waals surface area contributed by atoms with Crippen molar-refractivity contribution in [1.82, 2.24) is 19.7 Å². The predicted molar refractivity (Wildman–Crippen MR) is 121 cm³/mol. The molecule has 0 radical (unpaired) electrons. The zero-order chi connectivity index (χ0) is 22.8. The lowest BCUT2D eigenvalue weighted by Gasteiger charge is -2.09. The van der Waals surface area contributed by atoms with Gasteiger partial charge in [0, 0.05) is 17.8 Å². The van der Waals surface area contributed by atoms with Gasteiger partial charge < -0.3 is 10.3 Å². The highest BCUT2D eigenvalue weighted by Gasteiger charge is 2.15. The van der Waals surface area contributed by atoms with E-state index in [1.165, 1.54) is 24.4 Å². The van der Waals surface area contributed by atoms with E-state index in [4.69, 9.17) is 0 Å². The molecule has 11 heteroatoms. The maximum absolute atomic E-state index is 12.5. The van der Waals surface area contributed by atoms with Crippen molar-refractivity contribution in [2.24, 2.45) is 0 Å². The van der Waals surface area contributed by atoms with Crippen LogP contribution >= 0.6 is 11.8 Å². The third-order valence-electron chi connectivity index (χ3n) is 4.90. The average Bonchev–Trinajstić information content (AvgIpc) is 3.19. The van der Waals surface area contributed by atoms with E-state index in [-0.39, 0.29) is 28.1 Å². The molecule has 2 heterocycles. The predicted octanol–water partition coefficient (Wildman–Crippen LogP) is 3.36. The van der Waals surface area contributed by atoms with Crippen LogP contribution in [0.1, 0.15) is 11.1 Å². The van der Waals surface area contributed by atoms with Crippen molar-refractivity contribution < 1.29 is 9.72 Å². The quantitative estimate of drug-likeness (QED) is 0.199. The van der Waals surface area contributed by atoms with Crippen LogP contribution in [0.15, 0.2) is 58.6 Å². The zero-order valence-electron chi connectivity index (χ0n) is 17.2. The maximum atomic E-state index is 12.5. The number of thioether (sulfide) groups is 1. The van der Waals surface area contributed by atoms with Gasteiger partial charge in [0.1, 0.15) is 5.39 Å². The van der Waals surface area contributed by atoms with Gasteiger partial charge in [-0.1, -0.05) is 30.0 Å². The molecule has 2 N–H and O–H groups in total. The molecule has 4 rings (SSSR count). The number of anilines is 1. The van der Waals surface area contributed by atoms with Gasteiger partial charge >= 0.3 is 0 Å². The number of benzene rings is 2. The molecular weight excluding hydrogens is 432 g/mol. The van der Waals surface area contributed by atoms with Crippen LogP contribution in [0.5, 0.6) is 0 Å². The number of fused-ring (bicyclic) bond motifs is 1. The van der Waals surface area contributed by atoms with Gasteiger partial charge in [0.25, 0.3) is 11.2 Å². The summed E-state index contributed by atoms with van der Waals surface area (Å²) in [5.74, 6) is -0.435. The summed E-state index contributed by atoms with van der Waals surface area (Å²) in [6.07, 6.45) is 1.46. The normalized spacial score (nSPS) is 10.9. The Balaban J connectivity index is 1.56. The van der Waals surface area contributed by atoms with Gasteiger partial charge in [-0.3, -0.25) is 19.7 Å². The van der Waals surface area contributed by atoms with Crippen LogP contribution in [0.4, 0.5) is 11.4 Å². The number of nitrogens with zero attached hydrogens (tertiary/aromatic N) is 4. The van der Waals surface area contributed by atoms with Crippen molar-refractivity contribution in [2.75, 3.05) is 11.1 Å². The first-order chi connectivity index (χ1) is 15.3. The second kappa shape index (κ2) is 8.63. The highest BCUT2D eigenvalue weighted by atomic mass is 32.2. The fourth-order valence-corrected chi connectivity index (χ4v) is 3.79. The molecule has 162 valence electrons. The van der Waals surface area contributed by atoms with Gasteiger partial charge in [0.2, 0.25) is 5.91 Å². The second-order valence-electron chi connectivity index (χ2n) is 7.03. The van der Waals surface area contributed by atoms with Crippen molar-refractivity contribution in [3.8, 4) is 5.69 Å². The number of rotatable bonds is 6. The van der Waals surface area contributed by atoms with Gasteiger partial charge in [-0.25, -0.2) is 9.67 Å². The molecule has 0 fully saturated rings. The topological polar surface area (TPSA) is 136 Å². The van der Waals surface area contributed by atoms with Gasteiger partial charge in [-0.2, -0.15) is 5.10 Å². The number of nitrogens with one attached hydrogen (secondary N) is 2. The molecule has 2 aromatic carbocycles. The van der Waals surface area contributed by atoms with Crippen LogP contribution in [0.3, 0.4) is 0 Å². The molecule has 4 aromatic rings. The first-order valence-electron chi connectivity index (χ1n) is 9.55. The third-order valence-corrected chi connectivity index (χ3v) is 5.77. The number of aromatic amines is 1. The summed E-state index contributed by atoms with van der Waals surface area (Å²) in [5.41, 5.74) is 3.16. The van der Waals surface area contributed by atoms with E-state index < -0.39 is 4.92 Å². The number of aryl methyl sites for hydroxylation is 1. The van der Waals surface area contributed by atoms with E-state index in [2.05, 4.69) is 20.4 Å². The van der Waals surface area contributed by atoms with Crippen molar-refractivity contribution in [3.05, 3.63) is 80.3 Å². The molecule has 10 nitrogen and oxygen atoms in total. The Morgan fingerprint density at radius 1 is 1.25 bits per heavy atom. The first-order valence-corrected chi connectivity index (χ1v) is 10.5. The van der Waals surface area contributed by atoms with Gasteiger partial charge in [0.05, 0.1) is 22.6 Å². The molecule has 0 saturated carbocycles. The van der Waals surface area contributed by atoms with Crippen LogP contribution < -0.4 is 10.9 Å². The SMILES string of the molecule is Cc1cccc(-n2ncc3c(=O)[nH]c(SCC(=O)Nc4cccc([N+](=O)[O-])c4)nc32)c1C. The summed E-state index contributed by atoms with van der Waals surface area (Å²) in [5, 5.41) is 18.4. The van der Waals surface area contributed by atoms with Crippen LogP contribution in [0.2, 0.25) is 0 Å². The van der Waals surface area contributed by atoms with E-state index in [9.17, 15) is 19.7 Å². The Kier molecular flexibility index (Phi) is 5.73. The Bertz CT molecular complexity index is 1410. The lowest BCUT2D eigenvalue weighted by Crippen LogP contribution is -2.16. The number of carbonyl (C=O) groups is 1. The summed E-state index contributed by atoms with van der Waals surface area (Å²) in [4.78, 5) is 42.3. The molecule has 0 spiro atoms. The largest absolute Gasteiger partial charge is 0.325 e. The number of carbonyl (C=O) groups excluding carboxylic acids is 1. The number of non-ortho nitro benzene ring substituents is 1. The Hall–Kier alpha value is -3.99. The van der Waals surface area contributed by atoms with Crippen molar-refractivity contribution in [1.29, 1.82) is 0 Å². The molecule has 0 unspecified atom stereocenters. The van der Waals surface area contributed by atoms with Crippen molar-refractivity contribution >= 4 is 40.1 Å². The molecule has 0 aliphatic rings. The standard InChI is InChI=1S/C21H18N6O4S/c1-12-5-3-8-17(13(12)2)26-19-16(10-22-26)20(29)25-21(24-19)32-11-18(28)23-14-6-4-7-15(9-14)27(30)31/h3-10H,11H2,1-2H3,(H,23,28)(H,24,25,29). The van der Waals surface area contributed by atoms with E-state index in [1.54, 1.807) is 10.7 Å².